The van der Waals surface area contributed by atoms with Crippen LogP contribution in [0.3, 0.4) is 0 Å². The topological polar surface area (TPSA) is 122 Å². The lowest BCUT2D eigenvalue weighted by Gasteiger charge is -2.15. The lowest BCUT2D eigenvalue weighted by molar-refractivity contribution is -0.123. The van der Waals surface area contributed by atoms with Gasteiger partial charge in [0.2, 0.25) is 10.0 Å². The summed E-state index contributed by atoms with van der Waals surface area (Å²) in [6, 6.07) is 4.67. The number of benzene rings is 1. The molecule has 2 rings (SSSR count). The van der Waals surface area contributed by atoms with Crippen molar-refractivity contribution in [3.8, 4) is 0 Å². The molecule has 0 unspecified atom stereocenters. The molecule has 1 aliphatic heterocycles. The molecular weight excluding hydrogens is 374 g/mol. The van der Waals surface area contributed by atoms with Gasteiger partial charge < -0.3 is 10.1 Å². The average molecular weight is 397 g/mol. The van der Waals surface area contributed by atoms with Crippen molar-refractivity contribution in [2.45, 2.75) is 31.1 Å². The Morgan fingerprint density at radius 2 is 1.74 bits per heavy atom. The number of nitrogens with one attached hydrogen (secondary N) is 2. The van der Waals surface area contributed by atoms with Crippen molar-refractivity contribution in [1.82, 2.24) is 14.9 Å². The maximum absolute atomic E-state index is 12.4. The van der Waals surface area contributed by atoms with Crippen molar-refractivity contribution in [2.24, 2.45) is 0 Å². The molecule has 0 atom stereocenters. The van der Waals surface area contributed by atoms with Crippen molar-refractivity contribution in [3.05, 3.63) is 29.8 Å². The lowest BCUT2D eigenvalue weighted by Crippen LogP contribution is -2.41. The van der Waals surface area contributed by atoms with Gasteiger partial charge in [0.25, 0.3) is 5.91 Å². The molecular formula is C17H23N3O6S. The maximum atomic E-state index is 12.4. The molecule has 10 heteroatoms. The number of imide groups is 1. The first-order valence-corrected chi connectivity index (χ1v) is 10.1. The summed E-state index contributed by atoms with van der Waals surface area (Å²) in [7, 11) is -3.56. The molecule has 1 aromatic rings. The molecule has 27 heavy (non-hydrogen) atoms. The van der Waals surface area contributed by atoms with Crippen molar-refractivity contribution in [1.29, 1.82) is 0 Å². The largest absolute Gasteiger partial charge is 0.452 e. The van der Waals surface area contributed by atoms with Gasteiger partial charge >= 0.3 is 12.0 Å². The normalized spacial score (nSPS) is 14.6. The van der Waals surface area contributed by atoms with Gasteiger partial charge in [-0.3, -0.25) is 10.1 Å². The fraction of sp³-hybridized carbons (Fsp3) is 0.471. The molecule has 9 nitrogen and oxygen atoms in total. The Kier molecular flexibility index (Phi) is 7.31. The van der Waals surface area contributed by atoms with Crippen LogP contribution in [-0.2, 0) is 19.6 Å². The number of rotatable bonds is 7. The number of carbonyl (C=O) groups is 3. The summed E-state index contributed by atoms with van der Waals surface area (Å²) < 4.78 is 31.1. The van der Waals surface area contributed by atoms with Crippen LogP contribution >= 0.6 is 0 Å². The molecule has 0 aliphatic carbocycles. The maximum Gasteiger partial charge on any atom is 0.338 e. The Morgan fingerprint density at radius 3 is 2.33 bits per heavy atom. The number of hydrogen-bond donors (Lipinski definition) is 2. The van der Waals surface area contributed by atoms with Crippen molar-refractivity contribution < 1.29 is 27.5 Å². The third-order valence-electron chi connectivity index (χ3n) is 3.92. The van der Waals surface area contributed by atoms with Crippen molar-refractivity contribution in [2.75, 3.05) is 26.2 Å². The zero-order chi connectivity index (χ0) is 19.9. The Labute approximate surface area is 158 Å². The predicted octanol–water partition coefficient (Wildman–Crippen LogP) is 0.864. The third kappa shape index (κ3) is 5.76. The fourth-order valence-electron chi connectivity index (χ4n) is 2.50. The summed E-state index contributed by atoms with van der Waals surface area (Å²) in [5.74, 6) is -1.55. The van der Waals surface area contributed by atoms with Gasteiger partial charge in [-0.25, -0.2) is 18.0 Å². The fourth-order valence-corrected chi connectivity index (χ4v) is 4.02. The minimum atomic E-state index is -3.56. The van der Waals surface area contributed by atoms with Gasteiger partial charge in [0.15, 0.2) is 6.61 Å². The summed E-state index contributed by atoms with van der Waals surface area (Å²) in [4.78, 5) is 34.9. The predicted molar refractivity (Wildman–Crippen MR) is 96.5 cm³/mol. The smallest absolute Gasteiger partial charge is 0.338 e. The number of amides is 3. The van der Waals surface area contributed by atoms with Crippen LogP contribution in [0.15, 0.2) is 29.2 Å². The number of urea groups is 1. The number of nitrogens with zero attached hydrogens (tertiary/aromatic N) is 1. The Hall–Kier alpha value is -2.46. The second-order valence-electron chi connectivity index (χ2n) is 6.02. The highest BCUT2D eigenvalue weighted by Crippen LogP contribution is 2.21. The van der Waals surface area contributed by atoms with Gasteiger partial charge in [-0.1, -0.05) is 6.92 Å². The van der Waals surface area contributed by atoms with Crippen molar-refractivity contribution in [3.63, 3.8) is 0 Å². The van der Waals surface area contributed by atoms with Crippen LogP contribution in [0.4, 0.5) is 4.79 Å². The molecule has 0 saturated carbocycles. The van der Waals surface area contributed by atoms with Gasteiger partial charge in [0.05, 0.1) is 10.5 Å². The van der Waals surface area contributed by atoms with E-state index in [2.05, 4.69) is 5.32 Å². The van der Waals surface area contributed by atoms with Gasteiger partial charge in [0.1, 0.15) is 0 Å². The number of carbonyl (C=O) groups excluding carboxylic acids is 3. The highest BCUT2D eigenvalue weighted by Gasteiger charge is 2.27. The van der Waals surface area contributed by atoms with E-state index in [0.717, 1.165) is 19.3 Å². The summed E-state index contributed by atoms with van der Waals surface area (Å²) in [5, 5.41) is 4.48. The molecule has 1 saturated heterocycles. The van der Waals surface area contributed by atoms with Gasteiger partial charge in [-0.2, -0.15) is 4.31 Å². The summed E-state index contributed by atoms with van der Waals surface area (Å²) in [6.07, 6.45) is 2.39. The first-order chi connectivity index (χ1) is 12.8. The molecule has 148 valence electrons. The highest BCUT2D eigenvalue weighted by molar-refractivity contribution is 7.89. The first kappa shape index (κ1) is 20.8. The molecule has 1 aromatic carbocycles. The van der Waals surface area contributed by atoms with Crippen LogP contribution < -0.4 is 10.6 Å². The molecule has 0 bridgehead atoms. The lowest BCUT2D eigenvalue weighted by atomic mass is 10.2. The highest BCUT2D eigenvalue weighted by atomic mass is 32.2. The third-order valence-corrected chi connectivity index (χ3v) is 5.83. The Bertz CT molecular complexity index is 785. The van der Waals surface area contributed by atoms with E-state index in [1.165, 1.54) is 28.6 Å². The first-order valence-electron chi connectivity index (χ1n) is 8.69. The van der Waals surface area contributed by atoms with E-state index < -0.39 is 34.5 Å². The van der Waals surface area contributed by atoms with Crippen LogP contribution in [0, 0.1) is 0 Å². The number of ether oxygens (including phenoxy) is 1. The molecule has 0 aromatic heterocycles. The van der Waals surface area contributed by atoms with E-state index in [1.807, 2.05) is 12.2 Å². The quantitative estimate of drug-likeness (QED) is 0.658. The van der Waals surface area contributed by atoms with E-state index in [-0.39, 0.29) is 10.5 Å². The van der Waals surface area contributed by atoms with E-state index in [9.17, 15) is 22.8 Å². The zero-order valence-corrected chi connectivity index (χ0v) is 15.9. The van der Waals surface area contributed by atoms with E-state index in [4.69, 9.17) is 4.74 Å². The summed E-state index contributed by atoms with van der Waals surface area (Å²) >= 11 is 0. The molecule has 1 fully saturated rings. The van der Waals surface area contributed by atoms with E-state index >= 15 is 0 Å². The molecule has 1 heterocycles. The molecule has 0 radical (unpaired) electrons. The molecule has 3 amide bonds. The second-order valence-corrected chi connectivity index (χ2v) is 7.95. The van der Waals surface area contributed by atoms with Crippen LogP contribution in [-0.4, -0.2) is 56.9 Å². The Balaban J connectivity index is 1.88. The van der Waals surface area contributed by atoms with Gasteiger partial charge in [-0.15, -0.1) is 0 Å². The molecule has 2 N–H and O–H groups in total. The molecule has 1 aliphatic rings. The number of sulfonamides is 1. The van der Waals surface area contributed by atoms with Crippen LogP contribution in [0.5, 0.6) is 0 Å². The second kappa shape index (κ2) is 9.47. The van der Waals surface area contributed by atoms with Gasteiger partial charge in [0, 0.05) is 19.6 Å². The Morgan fingerprint density at radius 1 is 1.11 bits per heavy atom. The number of hydrogen-bond acceptors (Lipinski definition) is 6. The SMILES string of the molecule is CCCNC(=O)NC(=O)COC(=O)c1ccc(S(=O)(=O)N2CCCC2)cc1. The number of esters is 1. The standard InChI is InChI=1S/C17H23N3O6S/c1-2-9-18-17(23)19-15(21)12-26-16(22)13-5-7-14(8-6-13)27(24,25)20-10-3-4-11-20/h5-8H,2-4,9-12H2,1H3,(H2,18,19,21,23). The zero-order valence-electron chi connectivity index (χ0n) is 15.1. The minimum absolute atomic E-state index is 0.103. The van der Waals surface area contributed by atoms with E-state index in [0.29, 0.717) is 19.6 Å². The van der Waals surface area contributed by atoms with E-state index in [1.54, 1.807) is 0 Å². The monoisotopic (exact) mass is 397 g/mol. The average Bonchev–Trinajstić information content (AvgIpc) is 3.20. The van der Waals surface area contributed by atoms with Crippen LogP contribution in [0.1, 0.15) is 36.5 Å². The molecule has 0 spiro atoms. The minimum Gasteiger partial charge on any atom is -0.452 e. The van der Waals surface area contributed by atoms with Crippen LogP contribution in [0.2, 0.25) is 0 Å². The van der Waals surface area contributed by atoms with Gasteiger partial charge in [-0.05, 0) is 43.5 Å². The summed E-state index contributed by atoms with van der Waals surface area (Å²) in [5.41, 5.74) is 0.110. The van der Waals surface area contributed by atoms with Crippen molar-refractivity contribution >= 4 is 27.9 Å². The van der Waals surface area contributed by atoms with Crippen LogP contribution in [0.25, 0.3) is 0 Å². The summed E-state index contributed by atoms with van der Waals surface area (Å²) in [6.45, 7) is 2.66.